The van der Waals surface area contributed by atoms with Crippen LogP contribution in [0.15, 0.2) is 59.8 Å². The van der Waals surface area contributed by atoms with Crippen LogP contribution in [0.2, 0.25) is 0 Å². The van der Waals surface area contributed by atoms with Gasteiger partial charge in [-0.2, -0.15) is 0 Å². The van der Waals surface area contributed by atoms with Gasteiger partial charge in [-0.05, 0) is 34.9 Å². The number of rotatable bonds is 6. The second-order valence-electron chi connectivity index (χ2n) is 7.24. The van der Waals surface area contributed by atoms with Gasteiger partial charge in [-0.25, -0.2) is 13.8 Å². The monoisotopic (exact) mass is 436 g/mol. The third-order valence-corrected chi connectivity index (χ3v) is 4.93. The van der Waals surface area contributed by atoms with E-state index < -0.39 is 23.1 Å². The van der Waals surface area contributed by atoms with Crippen LogP contribution in [-0.4, -0.2) is 27.9 Å². The molecule has 7 nitrogen and oxygen atoms in total. The number of anilines is 1. The van der Waals surface area contributed by atoms with Crippen LogP contribution in [0.1, 0.15) is 27.0 Å². The van der Waals surface area contributed by atoms with Crippen LogP contribution in [0.25, 0.3) is 6.08 Å². The van der Waals surface area contributed by atoms with Crippen LogP contribution in [0.3, 0.4) is 0 Å². The summed E-state index contributed by atoms with van der Waals surface area (Å²) >= 11 is 0. The molecule has 1 aliphatic rings. The Morgan fingerprint density at radius 1 is 1.16 bits per heavy atom. The summed E-state index contributed by atoms with van der Waals surface area (Å²) in [5.41, 5.74) is 2.17. The number of carbonyl (C=O) groups excluding carboxylic acids is 2. The number of hydrogen-bond donors (Lipinski definition) is 2. The van der Waals surface area contributed by atoms with Gasteiger partial charge in [0.25, 0.3) is 11.5 Å². The lowest BCUT2D eigenvalue weighted by atomic mass is 10.1. The zero-order valence-electron chi connectivity index (χ0n) is 16.8. The molecule has 4 rings (SSSR count). The van der Waals surface area contributed by atoms with Crippen LogP contribution in [0.5, 0.6) is 0 Å². The summed E-state index contributed by atoms with van der Waals surface area (Å²) < 4.78 is 27.6. The lowest BCUT2D eigenvalue weighted by molar-refractivity contribution is -0.115. The van der Waals surface area contributed by atoms with Crippen LogP contribution < -0.4 is 16.2 Å². The SMILES string of the molecule is O=C1Cc2ccc(/C=C/CNC(=O)c3cncn(Cc4ccc(F)c(F)c4)c3=O)cc2N1. The first kappa shape index (κ1) is 21.1. The van der Waals surface area contributed by atoms with Crippen LogP contribution in [0, 0.1) is 11.6 Å². The Labute approximate surface area is 181 Å². The zero-order valence-corrected chi connectivity index (χ0v) is 16.8. The number of carbonyl (C=O) groups is 2. The smallest absolute Gasteiger partial charge is 0.266 e. The van der Waals surface area contributed by atoms with Gasteiger partial charge in [0.2, 0.25) is 5.91 Å². The number of amides is 2. The summed E-state index contributed by atoms with van der Waals surface area (Å²) in [5, 5.41) is 5.40. The van der Waals surface area contributed by atoms with Gasteiger partial charge in [-0.3, -0.25) is 19.0 Å². The Balaban J connectivity index is 1.39. The molecule has 32 heavy (non-hydrogen) atoms. The molecule has 0 atom stereocenters. The van der Waals surface area contributed by atoms with Crippen molar-refractivity contribution < 1.29 is 18.4 Å². The van der Waals surface area contributed by atoms with Crippen molar-refractivity contribution in [1.29, 1.82) is 0 Å². The fraction of sp³-hybridized carbons (Fsp3) is 0.130. The van der Waals surface area contributed by atoms with Crippen molar-refractivity contribution in [3.8, 4) is 0 Å². The highest BCUT2D eigenvalue weighted by Gasteiger charge is 2.17. The third-order valence-electron chi connectivity index (χ3n) is 4.93. The topological polar surface area (TPSA) is 93.1 Å². The van der Waals surface area contributed by atoms with Crippen molar-refractivity contribution in [1.82, 2.24) is 14.9 Å². The highest BCUT2D eigenvalue weighted by molar-refractivity contribution is 5.99. The molecule has 2 aromatic carbocycles. The fourth-order valence-corrected chi connectivity index (χ4v) is 3.33. The van der Waals surface area contributed by atoms with E-state index in [0.29, 0.717) is 12.0 Å². The Hall–Kier alpha value is -4.14. The van der Waals surface area contributed by atoms with Gasteiger partial charge in [-0.1, -0.05) is 30.4 Å². The summed E-state index contributed by atoms with van der Waals surface area (Å²) in [6.07, 6.45) is 6.26. The highest BCUT2D eigenvalue weighted by Crippen LogP contribution is 2.24. The van der Waals surface area contributed by atoms with E-state index in [-0.39, 0.29) is 24.6 Å². The second-order valence-corrected chi connectivity index (χ2v) is 7.24. The molecule has 0 fully saturated rings. The molecule has 0 spiro atoms. The van der Waals surface area contributed by atoms with Crippen LogP contribution in [-0.2, 0) is 17.8 Å². The molecular weight excluding hydrogens is 418 g/mol. The molecule has 162 valence electrons. The van der Waals surface area contributed by atoms with E-state index in [0.717, 1.165) is 39.7 Å². The van der Waals surface area contributed by atoms with E-state index >= 15 is 0 Å². The van der Waals surface area contributed by atoms with Gasteiger partial charge in [0.15, 0.2) is 11.6 Å². The minimum atomic E-state index is -1.02. The van der Waals surface area contributed by atoms with Crippen molar-refractivity contribution in [3.05, 3.63) is 99.2 Å². The molecule has 9 heteroatoms. The summed E-state index contributed by atoms with van der Waals surface area (Å²) in [6, 6.07) is 8.90. The zero-order chi connectivity index (χ0) is 22.7. The van der Waals surface area contributed by atoms with E-state index in [9.17, 15) is 23.2 Å². The molecule has 0 saturated carbocycles. The minimum Gasteiger partial charge on any atom is -0.348 e. The average molecular weight is 436 g/mol. The Morgan fingerprint density at radius 3 is 2.81 bits per heavy atom. The fourth-order valence-electron chi connectivity index (χ4n) is 3.33. The number of nitrogens with one attached hydrogen (secondary N) is 2. The first-order valence-electron chi connectivity index (χ1n) is 9.76. The Kier molecular flexibility index (Phi) is 5.89. The lowest BCUT2D eigenvalue weighted by Gasteiger charge is -2.08. The quantitative estimate of drug-likeness (QED) is 0.621. The van der Waals surface area contributed by atoms with Gasteiger partial charge < -0.3 is 10.6 Å². The van der Waals surface area contributed by atoms with E-state index in [1.807, 2.05) is 18.2 Å². The third kappa shape index (κ3) is 4.61. The molecule has 1 aromatic heterocycles. The maximum absolute atomic E-state index is 13.4. The molecule has 0 radical (unpaired) electrons. The van der Waals surface area contributed by atoms with Gasteiger partial charge in [-0.15, -0.1) is 0 Å². The Bertz CT molecular complexity index is 1300. The number of fused-ring (bicyclic) bond motifs is 1. The molecule has 0 unspecified atom stereocenters. The molecular formula is C23H18F2N4O3. The first-order chi connectivity index (χ1) is 15.4. The van der Waals surface area contributed by atoms with Gasteiger partial charge in [0.1, 0.15) is 5.56 Å². The molecule has 3 aromatic rings. The first-order valence-corrected chi connectivity index (χ1v) is 9.76. The summed E-state index contributed by atoms with van der Waals surface area (Å²) in [7, 11) is 0. The molecule has 0 aliphatic carbocycles. The van der Waals surface area contributed by atoms with E-state index in [1.54, 1.807) is 12.2 Å². The average Bonchev–Trinajstić information content (AvgIpc) is 3.14. The largest absolute Gasteiger partial charge is 0.348 e. The maximum atomic E-state index is 13.4. The second kappa shape index (κ2) is 8.93. The Morgan fingerprint density at radius 2 is 2.00 bits per heavy atom. The van der Waals surface area contributed by atoms with E-state index in [1.165, 1.54) is 12.4 Å². The summed E-state index contributed by atoms with van der Waals surface area (Å²) in [4.78, 5) is 40.3. The molecule has 1 aliphatic heterocycles. The predicted octanol–water partition coefficient (Wildman–Crippen LogP) is 2.51. The lowest BCUT2D eigenvalue weighted by Crippen LogP contribution is -2.33. The van der Waals surface area contributed by atoms with E-state index in [4.69, 9.17) is 0 Å². The summed E-state index contributed by atoms with van der Waals surface area (Å²) in [5.74, 6) is -2.65. The molecule has 2 N–H and O–H groups in total. The standard InChI is InChI=1S/C23H18F2N4O3/c24-18-6-4-15(8-19(18)25)12-29-13-26-11-17(23(29)32)22(31)27-7-1-2-14-3-5-16-10-21(30)28-20(16)9-14/h1-6,8-9,11,13H,7,10,12H2,(H,27,31)(H,28,30)/b2-1+. The molecule has 2 amide bonds. The van der Waals surface area contributed by atoms with Crippen LogP contribution >= 0.6 is 0 Å². The van der Waals surface area contributed by atoms with E-state index in [2.05, 4.69) is 15.6 Å². The van der Waals surface area contributed by atoms with Gasteiger partial charge in [0, 0.05) is 18.4 Å². The minimum absolute atomic E-state index is 0.0416. The number of aromatic nitrogens is 2. The predicted molar refractivity (Wildman–Crippen MR) is 114 cm³/mol. The molecule has 2 heterocycles. The normalized spacial score (nSPS) is 12.6. The van der Waals surface area contributed by atoms with Crippen molar-refractivity contribution >= 4 is 23.6 Å². The maximum Gasteiger partial charge on any atom is 0.266 e. The number of nitrogens with zero attached hydrogens (tertiary/aromatic N) is 2. The summed E-state index contributed by atoms with van der Waals surface area (Å²) in [6.45, 7) is 0.110. The highest BCUT2D eigenvalue weighted by atomic mass is 19.2. The van der Waals surface area contributed by atoms with Crippen molar-refractivity contribution in [2.75, 3.05) is 11.9 Å². The number of benzene rings is 2. The van der Waals surface area contributed by atoms with Gasteiger partial charge in [0.05, 0.1) is 19.3 Å². The van der Waals surface area contributed by atoms with Crippen LogP contribution in [0.4, 0.5) is 14.5 Å². The number of hydrogen-bond acceptors (Lipinski definition) is 4. The van der Waals surface area contributed by atoms with Crippen molar-refractivity contribution in [3.63, 3.8) is 0 Å². The number of halogens is 2. The van der Waals surface area contributed by atoms with Crippen molar-refractivity contribution in [2.45, 2.75) is 13.0 Å². The van der Waals surface area contributed by atoms with Crippen molar-refractivity contribution in [2.24, 2.45) is 0 Å². The van der Waals surface area contributed by atoms with Gasteiger partial charge >= 0.3 is 0 Å². The molecule has 0 saturated heterocycles. The molecule has 0 bridgehead atoms.